The molecule has 6 rings (SSSR count). The molecule has 1 amide bonds. The van der Waals surface area contributed by atoms with Crippen molar-refractivity contribution in [2.75, 3.05) is 48.0 Å². The molecule has 0 bridgehead atoms. The number of rotatable bonds is 22. The average molecular weight is 1210 g/mol. The Morgan fingerprint density at radius 1 is 0.753 bits per heavy atom. The predicted octanol–water partition coefficient (Wildman–Crippen LogP) is 7.97. The second kappa shape index (κ2) is 31.3. The van der Waals surface area contributed by atoms with Crippen LogP contribution in [0, 0.1) is 17.8 Å². The van der Waals surface area contributed by atoms with Gasteiger partial charge >= 0.3 is 5.97 Å². The maximum absolute atomic E-state index is 14.7. The summed E-state index contributed by atoms with van der Waals surface area (Å²) in [5.41, 5.74) is -3.45. The van der Waals surface area contributed by atoms with E-state index in [9.17, 15) is 35.1 Å². The molecule has 85 heavy (non-hydrogen) atoms. The Kier molecular flexibility index (Phi) is 26.0. The van der Waals surface area contributed by atoms with Gasteiger partial charge in [0.25, 0.3) is 0 Å². The summed E-state index contributed by atoms with van der Waals surface area (Å²) < 4.78 is 38.4. The van der Waals surface area contributed by atoms with Gasteiger partial charge in [-0.3, -0.25) is 9.59 Å². The summed E-state index contributed by atoms with van der Waals surface area (Å²) in [6.07, 6.45) is -1.59. The molecule has 3 aromatic rings. The van der Waals surface area contributed by atoms with E-state index in [1.807, 2.05) is 39.8 Å². The number of benzene rings is 3. The van der Waals surface area contributed by atoms with Crippen LogP contribution in [-0.2, 0) is 44.6 Å². The summed E-state index contributed by atoms with van der Waals surface area (Å²) in [7, 11) is 7.52. The van der Waals surface area contributed by atoms with E-state index < -0.39 is 109 Å². The molecule has 3 heterocycles. The monoisotopic (exact) mass is 1210 g/mol. The number of carbonyl (C=O) groups is 2. The minimum absolute atomic E-state index is 0.0664. The van der Waals surface area contributed by atoms with E-state index >= 15 is 0 Å². The lowest BCUT2D eigenvalue weighted by atomic mass is 9.77. The summed E-state index contributed by atoms with van der Waals surface area (Å²) in [6.45, 7) is 18.3. The molecule has 17 heteroatoms. The summed E-state index contributed by atoms with van der Waals surface area (Å²) in [5.74, 6) is -3.30. The van der Waals surface area contributed by atoms with E-state index in [2.05, 4.69) is 104 Å². The van der Waals surface area contributed by atoms with Gasteiger partial charge in [-0.15, -0.1) is 0 Å². The van der Waals surface area contributed by atoms with Crippen molar-refractivity contribution in [3.8, 4) is 0 Å². The molecule has 0 unspecified atom stereocenters. The second-order valence-electron chi connectivity index (χ2n) is 26.6. The smallest absolute Gasteiger partial charge is 0.311 e. The third kappa shape index (κ3) is 17.3. The average Bonchev–Trinajstić information content (AvgIpc) is 1.50. The van der Waals surface area contributed by atoms with Crippen molar-refractivity contribution in [2.45, 2.75) is 243 Å². The van der Waals surface area contributed by atoms with E-state index in [0.29, 0.717) is 12.8 Å². The van der Waals surface area contributed by atoms with Crippen molar-refractivity contribution in [2.24, 2.45) is 17.8 Å². The zero-order valence-corrected chi connectivity index (χ0v) is 55.0. The maximum atomic E-state index is 14.7. The van der Waals surface area contributed by atoms with Crippen LogP contribution in [0.2, 0.25) is 0 Å². The lowest BCUT2D eigenvalue weighted by Crippen LogP contribution is -2.60. The molecule has 0 radical (unpaired) electrons. The van der Waals surface area contributed by atoms with Crippen molar-refractivity contribution < 1.29 is 63.5 Å². The lowest BCUT2D eigenvalue weighted by molar-refractivity contribution is -0.318. The van der Waals surface area contributed by atoms with Gasteiger partial charge in [0.2, 0.25) is 5.91 Å². The van der Waals surface area contributed by atoms with Gasteiger partial charge in [0.15, 0.2) is 12.6 Å². The van der Waals surface area contributed by atoms with Gasteiger partial charge in [-0.25, -0.2) is 0 Å². The molecule has 18 atom stereocenters. The fourth-order valence-electron chi connectivity index (χ4n) is 14.0. The topological polar surface area (TPSA) is 200 Å². The number of esters is 1. The standard InChI is InChI=1S/C68H109N3O13P/c1-16-56-68(10,78)61(74)49(6)71(57(72)38-28-20-18-17-19-21-31-39-85(52-33-24-22-25-34-52,53-35-26-23-27-36-53)55-37-30-29-32-51(55)44-69(11)12)43-45(2)41-66(8,77)63(84-65-59(73)54(70(13)14)40-46(3)80-65)47(4)60(48(5)64(76)82-56)83-58-42-67(9,79-15)62(75)50(7)81-58/h22-27,29-30,32-37,45-50,54,56,58-63,65,73-75,77-78H,16-21,28,31,38-44H2,1-15H3/q+1/t45-,46-,47+,48-,49-,50+,54+,56-,58+,59-,60+,61-,62+,63-,65+,66-,67-,68-/m1/s1. The van der Waals surface area contributed by atoms with Crippen LogP contribution in [0.25, 0.3) is 0 Å². The van der Waals surface area contributed by atoms with E-state index in [0.717, 1.165) is 51.2 Å². The van der Waals surface area contributed by atoms with Crippen LogP contribution in [0.3, 0.4) is 0 Å². The molecule has 3 aromatic carbocycles. The number of ether oxygens (including phenoxy) is 6. The highest BCUT2D eigenvalue weighted by Crippen LogP contribution is 2.57. The van der Waals surface area contributed by atoms with E-state index in [-0.39, 0.29) is 50.3 Å². The minimum Gasteiger partial charge on any atom is -0.459 e. The van der Waals surface area contributed by atoms with Crippen molar-refractivity contribution >= 4 is 35.1 Å². The van der Waals surface area contributed by atoms with Crippen molar-refractivity contribution in [3.05, 3.63) is 90.5 Å². The molecule has 5 N–H and O–H groups in total. The number of amides is 1. The number of carbonyl (C=O) groups excluding carboxylic acids is 2. The highest BCUT2D eigenvalue weighted by molar-refractivity contribution is 7.95. The van der Waals surface area contributed by atoms with E-state index in [1.165, 1.54) is 35.5 Å². The zero-order valence-electron chi connectivity index (χ0n) is 54.1. The van der Waals surface area contributed by atoms with Gasteiger partial charge in [0, 0.05) is 50.6 Å². The Balaban J connectivity index is 1.21. The highest BCUT2D eigenvalue weighted by Gasteiger charge is 2.54. The van der Waals surface area contributed by atoms with E-state index in [1.54, 1.807) is 46.4 Å². The number of hydrogen-bond acceptors (Lipinski definition) is 15. The molecule has 16 nitrogen and oxygen atoms in total. The summed E-state index contributed by atoms with van der Waals surface area (Å²) in [5, 5.41) is 65.0. The van der Waals surface area contributed by atoms with Crippen LogP contribution in [-0.4, -0.2) is 190 Å². The molecular formula is C68H109N3O13P+. The Morgan fingerprint density at radius 3 is 1.91 bits per heavy atom. The molecule has 0 aliphatic carbocycles. The number of methoxy groups -OCH3 is 1. The molecule has 3 saturated heterocycles. The van der Waals surface area contributed by atoms with Crippen LogP contribution in [0.5, 0.6) is 0 Å². The first-order valence-electron chi connectivity index (χ1n) is 31.7. The van der Waals surface area contributed by atoms with Crippen LogP contribution >= 0.6 is 7.26 Å². The first-order chi connectivity index (χ1) is 40.1. The Labute approximate surface area is 510 Å². The van der Waals surface area contributed by atoms with Gasteiger partial charge < -0.3 is 68.7 Å². The number of hydrogen-bond donors (Lipinski definition) is 5. The first-order valence-corrected chi connectivity index (χ1v) is 33.7. The number of aliphatic hydroxyl groups is 5. The summed E-state index contributed by atoms with van der Waals surface area (Å²) >= 11 is 0. The SMILES string of the molecule is CC[C@H]1OC(=O)[C@H](C)[C@@H](O[C@H]2C[C@@](C)(OC)[C@@H](O)[C@H](C)O2)[C@H](C)[C@@H](O[C@@H]2O[C@H](C)C[C@H](N(C)C)[C@H]2O)[C@](C)(O)C[C@@H](C)CN(C(=O)CCCCCCCCC[P+](c2ccccc2)(c2ccccc2)c2ccccc2CN(C)C)[C@H](C)[C@@H](O)[C@]1(C)O. The Morgan fingerprint density at radius 2 is 1.33 bits per heavy atom. The molecule has 3 aliphatic rings. The molecular weight excluding hydrogens is 1100 g/mol. The van der Waals surface area contributed by atoms with Crippen LogP contribution in [0.4, 0.5) is 0 Å². The van der Waals surface area contributed by atoms with Crippen LogP contribution in [0.15, 0.2) is 84.9 Å². The maximum Gasteiger partial charge on any atom is 0.311 e. The number of nitrogens with zero attached hydrogens (tertiary/aromatic N) is 3. The third-order valence-electron chi connectivity index (χ3n) is 18.9. The number of likely N-dealkylation sites (N-methyl/N-ethyl adjacent to an activating group) is 1. The molecule has 0 aromatic heterocycles. The van der Waals surface area contributed by atoms with Gasteiger partial charge in [-0.05, 0) is 151 Å². The normalized spacial score (nSPS) is 34.9. The first kappa shape index (κ1) is 70.6. The molecule has 3 aliphatic heterocycles. The molecule has 478 valence electrons. The number of aliphatic hydroxyl groups excluding tert-OH is 3. The number of unbranched alkanes of at least 4 members (excludes halogenated alkanes) is 6. The summed E-state index contributed by atoms with van der Waals surface area (Å²) in [4.78, 5) is 35.3. The molecule has 0 spiro atoms. The van der Waals surface area contributed by atoms with Gasteiger partial charge in [-0.1, -0.05) is 101 Å². The fourth-order valence-corrected chi connectivity index (χ4v) is 18.7. The van der Waals surface area contributed by atoms with Crippen LogP contribution in [0.1, 0.15) is 152 Å². The largest absolute Gasteiger partial charge is 0.459 e. The number of cyclic esters (lactones) is 1. The minimum atomic E-state index is -2.02. The fraction of sp³-hybridized carbons (Fsp3) is 0.706. The van der Waals surface area contributed by atoms with Crippen molar-refractivity contribution in [1.29, 1.82) is 0 Å². The van der Waals surface area contributed by atoms with Gasteiger partial charge in [-0.2, -0.15) is 0 Å². The molecule has 3 fully saturated rings. The predicted molar refractivity (Wildman–Crippen MR) is 338 cm³/mol. The van der Waals surface area contributed by atoms with E-state index in [4.69, 9.17) is 28.4 Å². The molecule has 0 saturated carbocycles. The third-order valence-corrected chi connectivity index (χ3v) is 23.5. The van der Waals surface area contributed by atoms with Gasteiger partial charge in [0.05, 0.1) is 53.7 Å². The van der Waals surface area contributed by atoms with Crippen molar-refractivity contribution in [1.82, 2.24) is 14.7 Å². The lowest BCUT2D eigenvalue weighted by Gasteiger charge is -2.48. The Hall–Kier alpha value is -3.45. The van der Waals surface area contributed by atoms with Crippen molar-refractivity contribution in [3.63, 3.8) is 0 Å². The second-order valence-corrected chi connectivity index (χ2v) is 30.1. The highest BCUT2D eigenvalue weighted by atomic mass is 31.2. The quantitative estimate of drug-likeness (QED) is 0.0368. The summed E-state index contributed by atoms with van der Waals surface area (Å²) in [6, 6.07) is 29.9. The zero-order chi connectivity index (χ0) is 62.6. The Bertz CT molecular complexity index is 2470. The van der Waals surface area contributed by atoms with Crippen LogP contribution < -0.4 is 15.9 Å². The van der Waals surface area contributed by atoms with Gasteiger partial charge in [0.1, 0.15) is 53.2 Å².